The Bertz CT molecular complexity index is 882. The van der Waals surface area contributed by atoms with Crippen LogP contribution in [0.3, 0.4) is 0 Å². The summed E-state index contributed by atoms with van der Waals surface area (Å²) in [7, 11) is 0. The molecule has 1 aliphatic heterocycles. The quantitative estimate of drug-likeness (QED) is 0.366. The zero-order chi connectivity index (χ0) is 22.8. The molecule has 0 spiro atoms. The molecule has 2 aromatic rings. The summed E-state index contributed by atoms with van der Waals surface area (Å²) in [4.78, 5) is 26.7. The molecule has 0 aliphatic carbocycles. The summed E-state index contributed by atoms with van der Waals surface area (Å²) in [6, 6.07) is 18.9. The predicted molar refractivity (Wildman–Crippen MR) is 122 cm³/mol. The number of carbonyl (C=O) groups is 2. The zero-order valence-corrected chi connectivity index (χ0v) is 18.7. The van der Waals surface area contributed by atoms with Crippen LogP contribution in [0.15, 0.2) is 72.8 Å². The summed E-state index contributed by atoms with van der Waals surface area (Å²) in [5, 5.41) is 0. The average molecular weight is 438 g/mol. The van der Waals surface area contributed by atoms with Crippen molar-refractivity contribution in [3.05, 3.63) is 78.4 Å². The summed E-state index contributed by atoms with van der Waals surface area (Å²) in [6.45, 7) is 5.30. The van der Waals surface area contributed by atoms with Gasteiger partial charge in [-0.3, -0.25) is 4.79 Å². The van der Waals surface area contributed by atoms with E-state index in [0.29, 0.717) is 25.4 Å². The molecule has 0 saturated carbocycles. The monoisotopic (exact) mass is 437 g/mol. The van der Waals surface area contributed by atoms with Gasteiger partial charge in [-0.2, -0.15) is 0 Å². The normalized spacial score (nSPS) is 17.0. The number of hydrogen-bond acceptors (Lipinski definition) is 5. The minimum Gasteiger partial charge on any atom is -0.480 e. The molecule has 32 heavy (non-hydrogen) atoms. The van der Waals surface area contributed by atoms with Crippen LogP contribution in [0.4, 0.5) is 4.79 Å². The van der Waals surface area contributed by atoms with E-state index in [-0.39, 0.29) is 24.5 Å². The Hall–Kier alpha value is -3.12. The van der Waals surface area contributed by atoms with Crippen LogP contribution >= 0.6 is 0 Å². The van der Waals surface area contributed by atoms with E-state index in [1.54, 1.807) is 12.1 Å². The summed E-state index contributed by atoms with van der Waals surface area (Å²) in [5.41, 5.74) is 1.13. The minimum atomic E-state index is -0.814. The molecule has 6 heteroatoms. The lowest BCUT2D eigenvalue weighted by Gasteiger charge is -2.26. The molecular weight excluding hydrogens is 406 g/mol. The van der Waals surface area contributed by atoms with Crippen LogP contribution in [0.1, 0.15) is 32.3 Å². The summed E-state index contributed by atoms with van der Waals surface area (Å²) < 4.78 is 16.8. The Labute approximate surface area is 189 Å². The lowest BCUT2D eigenvalue weighted by molar-refractivity contribution is -0.137. The van der Waals surface area contributed by atoms with E-state index in [2.05, 4.69) is 0 Å². The van der Waals surface area contributed by atoms with Crippen LogP contribution < -0.4 is 4.74 Å². The fraction of sp³-hybridized carbons (Fsp3) is 0.385. The highest BCUT2D eigenvalue weighted by Gasteiger charge is 2.42. The van der Waals surface area contributed by atoms with Crippen molar-refractivity contribution in [2.75, 3.05) is 13.2 Å². The van der Waals surface area contributed by atoms with E-state index in [1.807, 2.05) is 74.5 Å². The number of para-hydroxylation sites is 1. The average Bonchev–Trinajstić information content (AvgIpc) is 3.20. The van der Waals surface area contributed by atoms with E-state index >= 15 is 0 Å². The number of benzene rings is 2. The molecule has 1 heterocycles. The topological polar surface area (TPSA) is 65.1 Å². The fourth-order valence-electron chi connectivity index (χ4n) is 3.45. The summed E-state index contributed by atoms with van der Waals surface area (Å²) in [5.74, 6) is 0.305. The zero-order valence-electron chi connectivity index (χ0n) is 18.7. The maximum Gasteiger partial charge on any atom is 0.417 e. The second-order valence-electron chi connectivity index (χ2n) is 8.05. The van der Waals surface area contributed by atoms with Gasteiger partial charge < -0.3 is 14.2 Å². The molecular formula is C26H31NO5. The number of hydrogen-bond donors (Lipinski definition) is 0. The lowest BCUT2D eigenvalue weighted by atomic mass is 10.0. The molecule has 3 rings (SSSR count). The minimum absolute atomic E-state index is 0.0973. The van der Waals surface area contributed by atoms with Gasteiger partial charge in [0.05, 0.1) is 19.3 Å². The standard InChI is InChI=1S/C26H31NO5/c1-20(2)23-19-31-26(29)27(23)25(28)24(32-22-14-8-4-9-15-22)16-10-5-11-17-30-18-21-12-6-3-7-13-21/h3-10,12-15,20,23-24H,11,16-19H2,1-2H3/b10-5+/t23-,24-/m1/s1. The van der Waals surface area contributed by atoms with Crippen LogP contribution in [-0.2, 0) is 20.9 Å². The van der Waals surface area contributed by atoms with Crippen molar-refractivity contribution in [1.82, 2.24) is 4.90 Å². The Balaban J connectivity index is 1.57. The number of nitrogens with zero attached hydrogens (tertiary/aromatic N) is 1. The van der Waals surface area contributed by atoms with Crippen LogP contribution in [0, 0.1) is 5.92 Å². The van der Waals surface area contributed by atoms with Gasteiger partial charge in [0.25, 0.3) is 5.91 Å². The van der Waals surface area contributed by atoms with Crippen molar-refractivity contribution >= 4 is 12.0 Å². The van der Waals surface area contributed by atoms with Gasteiger partial charge in [0.2, 0.25) is 0 Å². The highest BCUT2D eigenvalue weighted by molar-refractivity contribution is 5.96. The van der Waals surface area contributed by atoms with Crippen LogP contribution in [0.5, 0.6) is 5.75 Å². The van der Waals surface area contributed by atoms with Gasteiger partial charge in [0.1, 0.15) is 12.4 Å². The van der Waals surface area contributed by atoms with Gasteiger partial charge in [-0.05, 0) is 30.0 Å². The van der Waals surface area contributed by atoms with E-state index in [0.717, 1.165) is 12.0 Å². The van der Waals surface area contributed by atoms with Crippen molar-refractivity contribution in [2.45, 2.75) is 45.4 Å². The Morgan fingerprint density at radius 2 is 1.78 bits per heavy atom. The molecule has 0 N–H and O–H groups in total. The van der Waals surface area contributed by atoms with Gasteiger partial charge >= 0.3 is 6.09 Å². The fourth-order valence-corrected chi connectivity index (χ4v) is 3.45. The van der Waals surface area contributed by atoms with Gasteiger partial charge in [0.15, 0.2) is 6.10 Å². The smallest absolute Gasteiger partial charge is 0.417 e. The second-order valence-corrected chi connectivity index (χ2v) is 8.05. The van der Waals surface area contributed by atoms with Crippen molar-refractivity contribution < 1.29 is 23.8 Å². The third kappa shape index (κ3) is 6.69. The molecule has 1 saturated heterocycles. The maximum atomic E-state index is 13.2. The van der Waals surface area contributed by atoms with E-state index < -0.39 is 12.2 Å². The van der Waals surface area contributed by atoms with Crippen molar-refractivity contribution in [2.24, 2.45) is 5.92 Å². The molecule has 2 aromatic carbocycles. The molecule has 0 unspecified atom stereocenters. The number of carbonyl (C=O) groups excluding carboxylic acids is 2. The van der Waals surface area contributed by atoms with Gasteiger partial charge in [-0.25, -0.2) is 9.69 Å². The first-order valence-corrected chi connectivity index (χ1v) is 11.0. The van der Waals surface area contributed by atoms with Gasteiger partial charge in [0, 0.05) is 6.42 Å². The Morgan fingerprint density at radius 3 is 2.47 bits per heavy atom. The molecule has 0 bridgehead atoms. The number of rotatable bonds is 11. The first-order chi connectivity index (χ1) is 15.6. The molecule has 0 aromatic heterocycles. The molecule has 2 atom stereocenters. The molecule has 170 valence electrons. The van der Waals surface area contributed by atoms with Crippen LogP contribution in [-0.4, -0.2) is 42.3 Å². The molecule has 0 radical (unpaired) electrons. The SMILES string of the molecule is CC(C)[C@H]1COC(=O)N1C(=O)[C@@H](C/C=C/CCOCc1ccccc1)Oc1ccccc1. The summed E-state index contributed by atoms with van der Waals surface area (Å²) in [6.07, 6.45) is 3.53. The largest absolute Gasteiger partial charge is 0.480 e. The van der Waals surface area contributed by atoms with Crippen LogP contribution in [0.25, 0.3) is 0 Å². The second kappa shape index (κ2) is 12.1. The molecule has 2 amide bonds. The van der Waals surface area contributed by atoms with Crippen molar-refractivity contribution in [3.8, 4) is 5.75 Å². The number of amides is 2. The first kappa shape index (κ1) is 23.5. The third-order valence-electron chi connectivity index (χ3n) is 5.27. The third-order valence-corrected chi connectivity index (χ3v) is 5.27. The van der Waals surface area contributed by atoms with Crippen molar-refractivity contribution in [1.29, 1.82) is 0 Å². The Morgan fingerprint density at radius 1 is 1.09 bits per heavy atom. The molecule has 1 fully saturated rings. The molecule has 1 aliphatic rings. The van der Waals surface area contributed by atoms with Crippen molar-refractivity contribution in [3.63, 3.8) is 0 Å². The number of ether oxygens (including phenoxy) is 3. The number of imide groups is 1. The van der Waals surface area contributed by atoms with Gasteiger partial charge in [-0.15, -0.1) is 0 Å². The van der Waals surface area contributed by atoms with E-state index in [1.165, 1.54) is 4.90 Å². The molecule has 6 nitrogen and oxygen atoms in total. The highest BCUT2D eigenvalue weighted by atomic mass is 16.6. The summed E-state index contributed by atoms with van der Waals surface area (Å²) >= 11 is 0. The predicted octanol–water partition coefficient (Wildman–Crippen LogP) is 4.99. The van der Waals surface area contributed by atoms with E-state index in [9.17, 15) is 9.59 Å². The van der Waals surface area contributed by atoms with E-state index in [4.69, 9.17) is 14.2 Å². The van der Waals surface area contributed by atoms with Gasteiger partial charge in [-0.1, -0.05) is 74.5 Å². The first-order valence-electron chi connectivity index (χ1n) is 11.0. The highest BCUT2D eigenvalue weighted by Crippen LogP contribution is 2.23. The lowest BCUT2D eigenvalue weighted by Crippen LogP contribution is -2.48. The van der Waals surface area contributed by atoms with Crippen LogP contribution in [0.2, 0.25) is 0 Å². The number of cyclic esters (lactones) is 1. The maximum absolute atomic E-state index is 13.2. The Kier molecular flexibility index (Phi) is 8.87.